The van der Waals surface area contributed by atoms with Gasteiger partial charge in [-0.25, -0.2) is 0 Å². The van der Waals surface area contributed by atoms with E-state index in [1.807, 2.05) is 0 Å². The molecule has 2 aromatic carbocycles. The van der Waals surface area contributed by atoms with Gasteiger partial charge < -0.3 is 10.2 Å². The molecule has 0 aliphatic carbocycles. The van der Waals surface area contributed by atoms with E-state index in [1.165, 1.54) is 6.07 Å². The predicted molar refractivity (Wildman–Crippen MR) is 74.0 cm³/mol. The van der Waals surface area contributed by atoms with Crippen LogP contribution in [0.25, 0.3) is 10.8 Å². The van der Waals surface area contributed by atoms with E-state index in [1.54, 1.807) is 30.3 Å². The van der Waals surface area contributed by atoms with E-state index < -0.39 is 11.7 Å². The highest BCUT2D eigenvalue weighted by atomic mass is 19.4. The van der Waals surface area contributed by atoms with Gasteiger partial charge >= 0.3 is 6.18 Å². The summed E-state index contributed by atoms with van der Waals surface area (Å²) in [6.07, 6.45) is -4.32. The number of piperazine rings is 1. The summed E-state index contributed by atoms with van der Waals surface area (Å²) in [5.74, 6) is 0. The van der Waals surface area contributed by atoms with Crippen molar-refractivity contribution in [2.45, 2.75) is 6.18 Å². The van der Waals surface area contributed by atoms with E-state index in [0.717, 1.165) is 31.9 Å². The molecule has 1 heterocycles. The van der Waals surface area contributed by atoms with Gasteiger partial charge in [0, 0.05) is 37.3 Å². The number of benzene rings is 2. The molecule has 0 unspecified atom stereocenters. The average Bonchev–Trinajstić information content (AvgIpc) is 2.46. The minimum absolute atomic E-state index is 0.274. The number of nitrogens with zero attached hydrogens (tertiary/aromatic N) is 1. The van der Waals surface area contributed by atoms with Crippen molar-refractivity contribution in [1.82, 2.24) is 5.32 Å². The van der Waals surface area contributed by atoms with Crippen molar-refractivity contribution in [1.29, 1.82) is 0 Å². The Hall–Kier alpha value is -1.75. The van der Waals surface area contributed by atoms with Crippen LogP contribution >= 0.6 is 0 Å². The van der Waals surface area contributed by atoms with Gasteiger partial charge in [0.15, 0.2) is 0 Å². The summed E-state index contributed by atoms with van der Waals surface area (Å²) in [5, 5.41) is 4.19. The Morgan fingerprint density at radius 1 is 0.900 bits per heavy atom. The van der Waals surface area contributed by atoms with Crippen molar-refractivity contribution < 1.29 is 13.2 Å². The Morgan fingerprint density at radius 3 is 2.20 bits per heavy atom. The quantitative estimate of drug-likeness (QED) is 0.862. The lowest BCUT2D eigenvalue weighted by molar-refractivity contribution is -0.136. The molecule has 1 aliphatic heterocycles. The molecule has 2 nitrogen and oxygen atoms in total. The fourth-order valence-electron chi connectivity index (χ4n) is 2.71. The second-order valence-electron chi connectivity index (χ2n) is 4.91. The lowest BCUT2D eigenvalue weighted by atomic mass is 10.0. The summed E-state index contributed by atoms with van der Waals surface area (Å²) in [7, 11) is 0. The number of rotatable bonds is 1. The third kappa shape index (κ3) is 2.33. The zero-order chi connectivity index (χ0) is 14.2. The van der Waals surface area contributed by atoms with E-state index in [-0.39, 0.29) is 5.39 Å². The molecule has 1 N–H and O–H groups in total. The summed E-state index contributed by atoms with van der Waals surface area (Å²) in [6.45, 7) is 3.34. The first-order chi connectivity index (χ1) is 9.57. The van der Waals surface area contributed by atoms with Crippen molar-refractivity contribution in [3.05, 3.63) is 42.0 Å². The largest absolute Gasteiger partial charge is 0.417 e. The van der Waals surface area contributed by atoms with Crippen molar-refractivity contribution in [2.24, 2.45) is 0 Å². The van der Waals surface area contributed by atoms with Crippen molar-refractivity contribution >= 4 is 16.5 Å². The monoisotopic (exact) mass is 280 g/mol. The SMILES string of the molecule is FC(F)(F)c1ccc(N2CCNCC2)c2ccccc12. The Labute approximate surface area is 115 Å². The van der Waals surface area contributed by atoms with Gasteiger partial charge in [0.2, 0.25) is 0 Å². The molecule has 1 aliphatic rings. The third-order valence-corrected chi connectivity index (χ3v) is 3.66. The van der Waals surface area contributed by atoms with Gasteiger partial charge in [-0.1, -0.05) is 24.3 Å². The zero-order valence-corrected chi connectivity index (χ0v) is 10.9. The van der Waals surface area contributed by atoms with Gasteiger partial charge in [0.25, 0.3) is 0 Å². The van der Waals surface area contributed by atoms with Crippen LogP contribution in [0.5, 0.6) is 0 Å². The van der Waals surface area contributed by atoms with Crippen molar-refractivity contribution in [3.63, 3.8) is 0 Å². The van der Waals surface area contributed by atoms with Crippen molar-refractivity contribution in [2.75, 3.05) is 31.1 Å². The molecule has 0 bridgehead atoms. The molecule has 2 aromatic rings. The van der Waals surface area contributed by atoms with Crippen LogP contribution in [-0.2, 0) is 6.18 Å². The van der Waals surface area contributed by atoms with Gasteiger partial charge in [-0.15, -0.1) is 0 Å². The van der Waals surface area contributed by atoms with Crippen LogP contribution in [-0.4, -0.2) is 26.2 Å². The molecule has 0 amide bonds. The van der Waals surface area contributed by atoms with Crippen LogP contribution in [0.1, 0.15) is 5.56 Å². The number of hydrogen-bond acceptors (Lipinski definition) is 2. The molecule has 0 atom stereocenters. The lowest BCUT2D eigenvalue weighted by Gasteiger charge is -2.31. The zero-order valence-electron chi connectivity index (χ0n) is 10.9. The van der Waals surface area contributed by atoms with E-state index in [0.29, 0.717) is 5.39 Å². The Bertz CT molecular complexity index is 616. The van der Waals surface area contributed by atoms with Gasteiger partial charge in [-0.2, -0.15) is 13.2 Å². The summed E-state index contributed by atoms with van der Waals surface area (Å²) in [6, 6.07) is 9.54. The van der Waals surface area contributed by atoms with Gasteiger partial charge in [-0.05, 0) is 17.5 Å². The normalized spacial score (nSPS) is 16.6. The molecule has 1 saturated heterocycles. The van der Waals surface area contributed by atoms with Crippen LogP contribution in [0.2, 0.25) is 0 Å². The van der Waals surface area contributed by atoms with E-state index in [4.69, 9.17) is 0 Å². The highest BCUT2D eigenvalue weighted by molar-refractivity contribution is 5.96. The third-order valence-electron chi connectivity index (χ3n) is 3.66. The van der Waals surface area contributed by atoms with Gasteiger partial charge in [0.1, 0.15) is 0 Å². The van der Waals surface area contributed by atoms with E-state index in [2.05, 4.69) is 10.2 Å². The molecule has 5 heteroatoms. The number of nitrogens with one attached hydrogen (secondary N) is 1. The van der Waals surface area contributed by atoms with Crippen molar-refractivity contribution in [3.8, 4) is 0 Å². The van der Waals surface area contributed by atoms with Crippen LogP contribution in [0.4, 0.5) is 18.9 Å². The smallest absolute Gasteiger partial charge is 0.368 e. The Balaban J connectivity index is 2.16. The predicted octanol–water partition coefficient (Wildman–Crippen LogP) is 3.27. The average molecular weight is 280 g/mol. The summed E-state index contributed by atoms with van der Waals surface area (Å²) >= 11 is 0. The molecule has 0 saturated carbocycles. The van der Waals surface area contributed by atoms with Crippen LogP contribution in [0, 0.1) is 0 Å². The highest BCUT2D eigenvalue weighted by Crippen LogP contribution is 2.38. The molecule has 1 fully saturated rings. The molecule has 3 rings (SSSR count). The second-order valence-corrected chi connectivity index (χ2v) is 4.91. The summed E-state index contributed by atoms with van der Waals surface area (Å²) in [4.78, 5) is 2.14. The summed E-state index contributed by atoms with van der Waals surface area (Å²) in [5.41, 5.74) is 0.321. The fraction of sp³-hybridized carbons (Fsp3) is 0.333. The van der Waals surface area contributed by atoms with Gasteiger partial charge in [0.05, 0.1) is 5.56 Å². The van der Waals surface area contributed by atoms with Crippen LogP contribution in [0.15, 0.2) is 36.4 Å². The standard InChI is InChI=1S/C15H15F3N2/c16-15(17,18)13-5-6-14(20-9-7-19-8-10-20)12-4-2-1-3-11(12)13/h1-6,19H,7-10H2. The molecule has 0 spiro atoms. The number of fused-ring (bicyclic) bond motifs is 1. The fourth-order valence-corrected chi connectivity index (χ4v) is 2.71. The molecule has 106 valence electrons. The Morgan fingerprint density at radius 2 is 1.55 bits per heavy atom. The minimum Gasteiger partial charge on any atom is -0.368 e. The van der Waals surface area contributed by atoms with Crippen LogP contribution in [0.3, 0.4) is 0 Å². The lowest BCUT2D eigenvalue weighted by Crippen LogP contribution is -2.43. The molecular formula is C15H15F3N2. The molecule has 0 radical (unpaired) electrons. The minimum atomic E-state index is -4.32. The number of anilines is 1. The van der Waals surface area contributed by atoms with E-state index in [9.17, 15) is 13.2 Å². The second kappa shape index (κ2) is 4.98. The number of hydrogen-bond donors (Lipinski definition) is 1. The van der Waals surface area contributed by atoms with E-state index >= 15 is 0 Å². The number of halogens is 3. The Kier molecular flexibility index (Phi) is 3.30. The first-order valence-electron chi connectivity index (χ1n) is 6.62. The van der Waals surface area contributed by atoms with Crippen LogP contribution < -0.4 is 10.2 Å². The maximum absolute atomic E-state index is 13.1. The molecular weight excluding hydrogens is 265 g/mol. The summed E-state index contributed by atoms with van der Waals surface area (Å²) < 4.78 is 39.2. The number of alkyl halides is 3. The maximum Gasteiger partial charge on any atom is 0.417 e. The topological polar surface area (TPSA) is 15.3 Å². The first-order valence-corrected chi connectivity index (χ1v) is 6.62. The molecule has 20 heavy (non-hydrogen) atoms. The molecule has 0 aromatic heterocycles. The van der Waals surface area contributed by atoms with Gasteiger partial charge in [-0.3, -0.25) is 0 Å². The maximum atomic E-state index is 13.1. The highest BCUT2D eigenvalue weighted by Gasteiger charge is 2.33. The first kappa shape index (κ1) is 13.2.